The highest BCUT2D eigenvalue weighted by molar-refractivity contribution is 7.90. The van der Waals surface area contributed by atoms with Gasteiger partial charge < -0.3 is 19.8 Å². The Morgan fingerprint density at radius 2 is 1.88 bits per heavy atom. The maximum Gasteiger partial charge on any atom is 0.414 e. The van der Waals surface area contributed by atoms with Gasteiger partial charge in [0.25, 0.3) is 16.1 Å². The van der Waals surface area contributed by atoms with Crippen molar-refractivity contribution >= 4 is 38.9 Å². The number of fused-ring (bicyclic) bond motifs is 1. The van der Waals surface area contributed by atoms with E-state index in [4.69, 9.17) is 20.0 Å². The summed E-state index contributed by atoms with van der Waals surface area (Å²) >= 11 is 0. The van der Waals surface area contributed by atoms with Crippen molar-refractivity contribution in [2.45, 2.75) is 13.3 Å². The highest BCUT2D eigenvalue weighted by Gasteiger charge is 2.20. The molecule has 0 saturated carbocycles. The summed E-state index contributed by atoms with van der Waals surface area (Å²) in [5.74, 6) is -0.960. The Kier molecular flexibility index (Phi) is 6.42. The summed E-state index contributed by atoms with van der Waals surface area (Å²) in [5, 5.41) is 5.43. The van der Waals surface area contributed by atoms with E-state index in [1.54, 1.807) is 19.1 Å². The molecule has 0 spiro atoms. The Bertz CT molecular complexity index is 1430. The molecule has 0 bridgehead atoms. The molecular formula is C21H22N4O7S. The first-order chi connectivity index (χ1) is 15.4. The van der Waals surface area contributed by atoms with Crippen LogP contribution in [0.15, 0.2) is 45.6 Å². The largest absolute Gasteiger partial charge is 0.422 e. The number of ether oxygens (including phenoxy) is 1. The average Bonchev–Trinajstić information content (AvgIpc) is 2.69. The van der Waals surface area contributed by atoms with Gasteiger partial charge in [0, 0.05) is 37.5 Å². The van der Waals surface area contributed by atoms with E-state index < -0.39 is 27.8 Å². The molecule has 11 nitrogen and oxygen atoms in total. The monoisotopic (exact) mass is 474 g/mol. The molecule has 1 heterocycles. The predicted octanol–water partition coefficient (Wildman–Crippen LogP) is 1.47. The molecule has 0 atom stereocenters. The highest BCUT2D eigenvalue weighted by Crippen LogP contribution is 2.29. The molecule has 3 rings (SSSR count). The Morgan fingerprint density at radius 3 is 2.48 bits per heavy atom. The summed E-state index contributed by atoms with van der Waals surface area (Å²) in [4.78, 5) is 37.8. The molecule has 3 aromatic rings. The van der Waals surface area contributed by atoms with E-state index in [9.17, 15) is 22.8 Å². The smallest absolute Gasteiger partial charge is 0.414 e. The van der Waals surface area contributed by atoms with Crippen LogP contribution in [0.25, 0.3) is 11.0 Å². The first-order valence-corrected chi connectivity index (χ1v) is 11.1. The SMILES string of the molecule is Cc1c(Cc2cccc(NS(N)(=O)=O)c2)c(=O)oc2cc(OC(=O)N(C)C)c(C(N)=O)cc12. The Labute approximate surface area is 189 Å². The predicted molar refractivity (Wildman–Crippen MR) is 121 cm³/mol. The van der Waals surface area contributed by atoms with Crippen LogP contribution < -0.4 is 26.0 Å². The van der Waals surface area contributed by atoms with E-state index in [1.807, 2.05) is 0 Å². The second-order valence-corrected chi connectivity index (χ2v) is 8.78. The summed E-state index contributed by atoms with van der Waals surface area (Å²) in [6.45, 7) is 1.68. The van der Waals surface area contributed by atoms with Gasteiger partial charge in [0.2, 0.25) is 0 Å². The fourth-order valence-corrected chi connectivity index (χ4v) is 3.65. The van der Waals surface area contributed by atoms with Crippen LogP contribution in [0, 0.1) is 6.92 Å². The van der Waals surface area contributed by atoms with Crippen molar-refractivity contribution in [3.63, 3.8) is 0 Å². The molecule has 1 aromatic heterocycles. The van der Waals surface area contributed by atoms with Crippen LogP contribution >= 0.6 is 0 Å². The normalized spacial score (nSPS) is 11.3. The molecule has 0 unspecified atom stereocenters. The lowest BCUT2D eigenvalue weighted by atomic mass is 9.98. The molecular weight excluding hydrogens is 452 g/mol. The minimum absolute atomic E-state index is 0.0556. The van der Waals surface area contributed by atoms with Crippen LogP contribution in [0.4, 0.5) is 10.5 Å². The number of nitrogens with one attached hydrogen (secondary N) is 1. The van der Waals surface area contributed by atoms with Crippen molar-refractivity contribution < 1.29 is 27.2 Å². The first-order valence-electron chi connectivity index (χ1n) is 9.54. The molecule has 0 aliphatic carbocycles. The number of amides is 2. The maximum atomic E-state index is 12.7. The van der Waals surface area contributed by atoms with Crippen LogP contribution in [-0.2, 0) is 16.6 Å². The molecule has 0 radical (unpaired) electrons. The van der Waals surface area contributed by atoms with Gasteiger partial charge in [0.1, 0.15) is 11.3 Å². The molecule has 174 valence electrons. The summed E-state index contributed by atoms with van der Waals surface area (Å²) in [5.41, 5.74) is 6.55. The van der Waals surface area contributed by atoms with Crippen LogP contribution in [-0.4, -0.2) is 39.4 Å². The van der Waals surface area contributed by atoms with E-state index in [0.717, 1.165) is 0 Å². The van der Waals surface area contributed by atoms with E-state index in [-0.39, 0.29) is 29.0 Å². The number of anilines is 1. The van der Waals surface area contributed by atoms with Crippen molar-refractivity contribution in [1.29, 1.82) is 0 Å². The van der Waals surface area contributed by atoms with Crippen molar-refractivity contribution in [2.75, 3.05) is 18.8 Å². The van der Waals surface area contributed by atoms with Crippen LogP contribution in [0.1, 0.15) is 27.0 Å². The standard InChI is InChI=1S/C21H22N4O7S/c1-11-14-9-16(19(22)26)18(32-21(28)25(2)3)10-17(14)31-20(27)15(11)8-12-5-4-6-13(7-12)24-33(23,29)30/h4-7,9-10,24H,8H2,1-3H3,(H2,22,26)(H2,23,29,30). The number of nitrogens with zero attached hydrogens (tertiary/aromatic N) is 1. The second-order valence-electron chi connectivity index (χ2n) is 7.49. The third kappa shape index (κ3) is 5.48. The number of hydrogen-bond donors (Lipinski definition) is 3. The van der Waals surface area contributed by atoms with E-state index in [2.05, 4.69) is 4.72 Å². The fourth-order valence-electron chi connectivity index (χ4n) is 3.20. The third-order valence-electron chi connectivity index (χ3n) is 4.78. The topological polar surface area (TPSA) is 175 Å². The molecule has 12 heteroatoms. The maximum absolute atomic E-state index is 12.7. The zero-order chi connectivity index (χ0) is 24.5. The molecule has 0 aliphatic heterocycles. The molecule has 2 aromatic carbocycles. The molecule has 5 N–H and O–H groups in total. The zero-order valence-corrected chi connectivity index (χ0v) is 18.9. The van der Waals surface area contributed by atoms with Crippen LogP contribution in [0.2, 0.25) is 0 Å². The number of rotatable bonds is 6. The third-order valence-corrected chi connectivity index (χ3v) is 5.30. The Morgan fingerprint density at radius 1 is 1.18 bits per heavy atom. The fraction of sp³-hybridized carbons (Fsp3) is 0.190. The van der Waals surface area contributed by atoms with Gasteiger partial charge in [-0.05, 0) is 36.2 Å². The van der Waals surface area contributed by atoms with Crippen LogP contribution in [0.5, 0.6) is 5.75 Å². The number of benzene rings is 2. The van der Waals surface area contributed by atoms with Gasteiger partial charge in [0.15, 0.2) is 0 Å². The number of primary amides is 1. The first kappa shape index (κ1) is 23.8. The summed E-state index contributed by atoms with van der Waals surface area (Å²) in [6.07, 6.45) is -0.617. The minimum atomic E-state index is -3.96. The lowest BCUT2D eigenvalue weighted by Crippen LogP contribution is -2.26. The lowest BCUT2D eigenvalue weighted by Gasteiger charge is -2.14. The summed E-state index contributed by atoms with van der Waals surface area (Å²) < 4.78 is 35.3. The molecule has 0 aliphatic rings. The van der Waals surface area contributed by atoms with Gasteiger partial charge in [0.05, 0.1) is 11.3 Å². The van der Waals surface area contributed by atoms with Crippen molar-refractivity contribution in [2.24, 2.45) is 10.9 Å². The number of carbonyl (C=O) groups is 2. The summed E-state index contributed by atoms with van der Waals surface area (Å²) in [7, 11) is -1.02. The number of carbonyl (C=O) groups excluding carboxylic acids is 2. The Hall–Kier alpha value is -3.90. The number of aryl methyl sites for hydroxylation is 1. The van der Waals surface area contributed by atoms with Gasteiger partial charge in [-0.2, -0.15) is 8.42 Å². The zero-order valence-electron chi connectivity index (χ0n) is 18.0. The van der Waals surface area contributed by atoms with E-state index in [1.165, 1.54) is 43.3 Å². The average molecular weight is 474 g/mol. The molecule has 2 amide bonds. The molecule has 33 heavy (non-hydrogen) atoms. The van der Waals surface area contributed by atoms with Crippen molar-refractivity contribution in [3.8, 4) is 5.75 Å². The minimum Gasteiger partial charge on any atom is -0.422 e. The lowest BCUT2D eigenvalue weighted by molar-refractivity contribution is 0.0997. The van der Waals surface area contributed by atoms with Crippen LogP contribution in [0.3, 0.4) is 0 Å². The molecule has 0 fully saturated rings. The van der Waals surface area contributed by atoms with Gasteiger partial charge in [-0.1, -0.05) is 12.1 Å². The van der Waals surface area contributed by atoms with Gasteiger partial charge in [-0.3, -0.25) is 9.52 Å². The Balaban J connectivity index is 2.08. The quantitative estimate of drug-likeness (QED) is 0.453. The van der Waals surface area contributed by atoms with Gasteiger partial charge >= 0.3 is 11.7 Å². The second kappa shape index (κ2) is 8.92. The highest BCUT2D eigenvalue weighted by atomic mass is 32.2. The summed E-state index contributed by atoms with van der Waals surface area (Å²) in [6, 6.07) is 9.03. The van der Waals surface area contributed by atoms with Gasteiger partial charge in [-0.25, -0.2) is 14.7 Å². The number of nitrogens with two attached hydrogens (primary N) is 2. The van der Waals surface area contributed by atoms with E-state index in [0.29, 0.717) is 22.1 Å². The van der Waals surface area contributed by atoms with Crippen molar-refractivity contribution in [3.05, 3.63) is 69.1 Å². The van der Waals surface area contributed by atoms with Gasteiger partial charge in [-0.15, -0.1) is 0 Å². The van der Waals surface area contributed by atoms with E-state index >= 15 is 0 Å². The van der Waals surface area contributed by atoms with Crippen molar-refractivity contribution in [1.82, 2.24) is 4.90 Å². The molecule has 0 saturated heterocycles. The number of hydrogen-bond acceptors (Lipinski definition) is 7.